The third kappa shape index (κ3) is 5.45. The third-order valence-corrected chi connectivity index (χ3v) is 5.61. The van der Waals surface area contributed by atoms with Gasteiger partial charge in [0.15, 0.2) is 0 Å². The van der Waals surface area contributed by atoms with Crippen molar-refractivity contribution in [3.8, 4) is 17.0 Å². The smallest absolute Gasteiger partial charge is 0.272 e. The number of halogens is 1. The zero-order valence-electron chi connectivity index (χ0n) is 19.3. The summed E-state index contributed by atoms with van der Waals surface area (Å²) in [5.41, 5.74) is 7.20. The van der Waals surface area contributed by atoms with Gasteiger partial charge in [-0.05, 0) is 59.7 Å². The van der Waals surface area contributed by atoms with Gasteiger partial charge in [0.05, 0.1) is 23.0 Å². The number of hydrogen-bond acceptors (Lipinski definition) is 4. The summed E-state index contributed by atoms with van der Waals surface area (Å²) in [5, 5.41) is 4.89. The van der Waals surface area contributed by atoms with Crippen LogP contribution in [0.4, 0.5) is 4.39 Å². The Balaban J connectivity index is 1.27. The number of hydrazone groups is 1. The van der Waals surface area contributed by atoms with Crippen molar-refractivity contribution in [1.82, 2.24) is 10.4 Å². The first-order chi connectivity index (χ1) is 17.7. The summed E-state index contributed by atoms with van der Waals surface area (Å²) in [4.78, 5) is 17.7. The third-order valence-electron chi connectivity index (χ3n) is 5.61. The van der Waals surface area contributed by atoms with Crippen LogP contribution in [0.1, 0.15) is 21.5 Å². The Morgan fingerprint density at radius 2 is 1.61 bits per heavy atom. The maximum absolute atomic E-state index is 13.0. The number of hydrogen-bond donors (Lipinski definition) is 1. The summed E-state index contributed by atoms with van der Waals surface area (Å²) in [6.07, 6.45) is 1.57. The summed E-state index contributed by atoms with van der Waals surface area (Å²) < 4.78 is 18.8. The van der Waals surface area contributed by atoms with Gasteiger partial charge in [0.25, 0.3) is 5.91 Å². The van der Waals surface area contributed by atoms with Crippen LogP contribution in [0.15, 0.2) is 114 Å². The lowest BCUT2D eigenvalue weighted by atomic mass is 10.0. The van der Waals surface area contributed by atoms with Crippen molar-refractivity contribution in [2.75, 3.05) is 0 Å². The van der Waals surface area contributed by atoms with E-state index in [0.717, 1.165) is 33.3 Å². The average molecular weight is 476 g/mol. The second-order valence-corrected chi connectivity index (χ2v) is 8.12. The summed E-state index contributed by atoms with van der Waals surface area (Å²) in [6, 6.07) is 32.6. The van der Waals surface area contributed by atoms with Gasteiger partial charge in [-0.15, -0.1) is 0 Å². The second kappa shape index (κ2) is 10.6. The minimum absolute atomic E-state index is 0.275. The molecule has 0 aliphatic carbocycles. The molecule has 0 atom stereocenters. The fourth-order valence-corrected chi connectivity index (χ4v) is 3.74. The molecule has 0 saturated heterocycles. The van der Waals surface area contributed by atoms with E-state index in [9.17, 15) is 9.18 Å². The molecule has 1 N–H and O–H groups in total. The van der Waals surface area contributed by atoms with Crippen molar-refractivity contribution in [3.63, 3.8) is 0 Å². The largest absolute Gasteiger partial charge is 0.489 e. The molecule has 1 heterocycles. The first-order valence-corrected chi connectivity index (χ1v) is 11.4. The molecule has 1 amide bonds. The molecule has 4 aromatic carbocycles. The average Bonchev–Trinajstić information content (AvgIpc) is 2.93. The highest BCUT2D eigenvalue weighted by Gasteiger charge is 2.13. The van der Waals surface area contributed by atoms with Gasteiger partial charge in [-0.2, -0.15) is 5.10 Å². The SMILES string of the molecule is O=C(N/N=C/c1ccc(OCc2ccc(F)cc2)cc1)c1cc(-c2ccccc2)nc2ccccc12. The van der Waals surface area contributed by atoms with Gasteiger partial charge in [-0.1, -0.05) is 60.7 Å². The highest BCUT2D eigenvalue weighted by Crippen LogP contribution is 2.24. The molecule has 1 aromatic heterocycles. The Hall–Kier alpha value is -4.84. The lowest BCUT2D eigenvalue weighted by Gasteiger charge is -2.09. The van der Waals surface area contributed by atoms with E-state index in [1.54, 1.807) is 24.4 Å². The van der Waals surface area contributed by atoms with E-state index < -0.39 is 0 Å². The fourth-order valence-electron chi connectivity index (χ4n) is 3.74. The van der Waals surface area contributed by atoms with Crippen LogP contribution < -0.4 is 10.2 Å². The highest BCUT2D eigenvalue weighted by atomic mass is 19.1. The Morgan fingerprint density at radius 1 is 0.889 bits per heavy atom. The Kier molecular flexibility index (Phi) is 6.76. The molecule has 5 nitrogen and oxygen atoms in total. The minimum atomic E-state index is -0.318. The molecule has 0 spiro atoms. The number of ether oxygens (including phenoxy) is 1. The van der Waals surface area contributed by atoms with Crippen molar-refractivity contribution < 1.29 is 13.9 Å². The lowest BCUT2D eigenvalue weighted by molar-refractivity contribution is 0.0956. The summed E-state index contributed by atoms with van der Waals surface area (Å²) >= 11 is 0. The standard InChI is InChI=1S/C30H22FN3O2/c31-24-14-10-22(11-15-24)20-36-25-16-12-21(13-17-25)19-32-34-30(35)27-18-29(23-6-2-1-3-7-23)33-28-9-5-4-8-26(27)28/h1-19H,20H2,(H,34,35)/b32-19+. The van der Waals surface area contributed by atoms with Gasteiger partial charge in [-0.25, -0.2) is 14.8 Å². The number of para-hydroxylation sites is 1. The minimum Gasteiger partial charge on any atom is -0.489 e. The van der Waals surface area contributed by atoms with Crippen LogP contribution >= 0.6 is 0 Å². The molecule has 176 valence electrons. The van der Waals surface area contributed by atoms with Crippen LogP contribution in [-0.2, 0) is 6.61 Å². The number of amides is 1. The number of nitrogens with zero attached hydrogens (tertiary/aromatic N) is 2. The first kappa shape index (κ1) is 22.9. The number of carbonyl (C=O) groups excluding carboxylic acids is 1. The van der Waals surface area contributed by atoms with Crippen molar-refractivity contribution in [2.24, 2.45) is 5.10 Å². The van der Waals surface area contributed by atoms with Crippen molar-refractivity contribution in [3.05, 3.63) is 132 Å². The molecule has 0 radical (unpaired) electrons. The second-order valence-electron chi connectivity index (χ2n) is 8.12. The molecule has 0 saturated carbocycles. The number of carbonyl (C=O) groups is 1. The van der Waals surface area contributed by atoms with Gasteiger partial charge < -0.3 is 4.74 Å². The number of fused-ring (bicyclic) bond motifs is 1. The number of benzene rings is 4. The van der Waals surface area contributed by atoms with E-state index in [0.29, 0.717) is 17.9 Å². The maximum atomic E-state index is 13.0. The Labute approximate surface area is 207 Å². The van der Waals surface area contributed by atoms with E-state index in [1.165, 1.54) is 12.1 Å². The predicted octanol–water partition coefficient (Wildman–Crippen LogP) is 6.38. The van der Waals surface area contributed by atoms with Crippen molar-refractivity contribution in [2.45, 2.75) is 6.61 Å². The molecule has 0 bridgehead atoms. The predicted molar refractivity (Wildman–Crippen MR) is 139 cm³/mol. The van der Waals surface area contributed by atoms with Crippen LogP contribution in [0.5, 0.6) is 5.75 Å². The van der Waals surface area contributed by atoms with Crippen LogP contribution in [-0.4, -0.2) is 17.1 Å². The summed E-state index contributed by atoms with van der Waals surface area (Å²) in [7, 11) is 0. The first-order valence-electron chi connectivity index (χ1n) is 11.4. The molecule has 6 heteroatoms. The Bertz CT molecular complexity index is 1520. The topological polar surface area (TPSA) is 63.6 Å². The number of nitrogens with one attached hydrogen (secondary N) is 1. The zero-order valence-corrected chi connectivity index (χ0v) is 19.3. The molecule has 0 aliphatic rings. The molecule has 0 aliphatic heterocycles. The van der Waals surface area contributed by atoms with Crippen molar-refractivity contribution in [1.29, 1.82) is 0 Å². The van der Waals surface area contributed by atoms with E-state index in [2.05, 4.69) is 10.5 Å². The van der Waals surface area contributed by atoms with Crippen LogP contribution in [0.25, 0.3) is 22.2 Å². The van der Waals surface area contributed by atoms with Gasteiger partial charge >= 0.3 is 0 Å². The van der Waals surface area contributed by atoms with E-state index in [4.69, 9.17) is 9.72 Å². The molecular formula is C30H22FN3O2. The molecule has 0 fully saturated rings. The summed E-state index contributed by atoms with van der Waals surface area (Å²) in [5.74, 6) is 0.0849. The molecule has 5 rings (SSSR count). The highest BCUT2D eigenvalue weighted by molar-refractivity contribution is 6.07. The van der Waals surface area contributed by atoms with E-state index >= 15 is 0 Å². The van der Waals surface area contributed by atoms with Crippen LogP contribution in [0.2, 0.25) is 0 Å². The van der Waals surface area contributed by atoms with Crippen LogP contribution in [0, 0.1) is 5.82 Å². The Morgan fingerprint density at radius 3 is 2.39 bits per heavy atom. The summed E-state index contributed by atoms with van der Waals surface area (Å²) in [6.45, 7) is 0.342. The zero-order chi connectivity index (χ0) is 24.7. The molecule has 5 aromatic rings. The monoisotopic (exact) mass is 475 g/mol. The lowest BCUT2D eigenvalue weighted by Crippen LogP contribution is -2.18. The van der Waals surface area contributed by atoms with Crippen LogP contribution in [0.3, 0.4) is 0 Å². The van der Waals surface area contributed by atoms with Crippen molar-refractivity contribution >= 4 is 23.0 Å². The van der Waals surface area contributed by atoms with Gasteiger partial charge in [0.2, 0.25) is 0 Å². The molecular weight excluding hydrogens is 453 g/mol. The number of rotatable bonds is 7. The number of pyridine rings is 1. The molecule has 0 unspecified atom stereocenters. The molecule has 36 heavy (non-hydrogen) atoms. The fraction of sp³-hybridized carbons (Fsp3) is 0.0333. The number of aromatic nitrogens is 1. The quantitative estimate of drug-likeness (QED) is 0.219. The van der Waals surface area contributed by atoms with E-state index in [1.807, 2.05) is 78.9 Å². The van der Waals surface area contributed by atoms with Gasteiger partial charge in [0, 0.05) is 10.9 Å². The van der Waals surface area contributed by atoms with Gasteiger partial charge in [0.1, 0.15) is 18.2 Å². The maximum Gasteiger partial charge on any atom is 0.272 e. The normalized spacial score (nSPS) is 11.0. The van der Waals surface area contributed by atoms with E-state index in [-0.39, 0.29) is 11.7 Å². The van der Waals surface area contributed by atoms with Gasteiger partial charge in [-0.3, -0.25) is 4.79 Å².